The lowest BCUT2D eigenvalue weighted by atomic mass is 10.3. The molecule has 6 heteroatoms. The summed E-state index contributed by atoms with van der Waals surface area (Å²) in [5, 5.41) is 5.61. The molecule has 0 aromatic carbocycles. The van der Waals surface area contributed by atoms with E-state index < -0.39 is 0 Å². The van der Waals surface area contributed by atoms with Gasteiger partial charge in [0.05, 0.1) is 0 Å². The number of amides is 2. The highest BCUT2D eigenvalue weighted by Crippen LogP contribution is 2.04. The molecule has 0 spiro atoms. The summed E-state index contributed by atoms with van der Waals surface area (Å²) >= 11 is 5.68. The molecule has 0 atom stereocenters. The first-order valence-electron chi connectivity index (χ1n) is 5.69. The van der Waals surface area contributed by atoms with Crippen LogP contribution in [0, 0.1) is 0 Å². The summed E-state index contributed by atoms with van der Waals surface area (Å²) in [4.78, 5) is 26.8. The molecule has 0 aliphatic heterocycles. The van der Waals surface area contributed by atoms with E-state index in [1.165, 1.54) is 0 Å². The molecule has 0 radical (unpaired) electrons. The van der Waals surface area contributed by atoms with Gasteiger partial charge in [0.15, 0.2) is 0 Å². The lowest BCUT2D eigenvalue weighted by Gasteiger charge is -2.08. The Balaban J connectivity index is 2.36. The van der Waals surface area contributed by atoms with Crippen molar-refractivity contribution in [2.45, 2.75) is 26.3 Å². The number of pyridine rings is 1. The van der Waals surface area contributed by atoms with E-state index in [0.29, 0.717) is 0 Å². The minimum atomic E-state index is -0.338. The second kappa shape index (κ2) is 6.96. The molecule has 0 aliphatic rings. The lowest BCUT2D eigenvalue weighted by molar-refractivity contribution is -0.121. The molecule has 1 aromatic heterocycles. The van der Waals surface area contributed by atoms with Crippen LogP contribution in [0.3, 0.4) is 0 Å². The van der Waals surface area contributed by atoms with E-state index in [2.05, 4.69) is 15.6 Å². The summed E-state index contributed by atoms with van der Waals surface area (Å²) in [6.45, 7) is 4.03. The number of aromatic nitrogens is 1. The average molecular weight is 270 g/mol. The van der Waals surface area contributed by atoms with E-state index in [4.69, 9.17) is 11.6 Å². The molecule has 1 aromatic rings. The van der Waals surface area contributed by atoms with Crippen LogP contribution in [0.5, 0.6) is 0 Å². The summed E-state index contributed by atoms with van der Waals surface area (Å²) in [6, 6.07) is 4.90. The highest BCUT2D eigenvalue weighted by molar-refractivity contribution is 6.29. The molecule has 0 unspecified atom stereocenters. The fourth-order valence-electron chi connectivity index (χ4n) is 1.31. The fourth-order valence-corrected chi connectivity index (χ4v) is 1.47. The van der Waals surface area contributed by atoms with Gasteiger partial charge in [-0.15, -0.1) is 0 Å². The Kier molecular flexibility index (Phi) is 5.58. The molecule has 0 bridgehead atoms. The van der Waals surface area contributed by atoms with E-state index in [0.717, 1.165) is 0 Å². The van der Waals surface area contributed by atoms with Crippen molar-refractivity contribution >= 4 is 23.4 Å². The molecule has 0 aliphatic carbocycles. The molecular weight excluding hydrogens is 254 g/mol. The third kappa shape index (κ3) is 5.14. The van der Waals surface area contributed by atoms with Gasteiger partial charge in [-0.2, -0.15) is 0 Å². The molecular formula is C12H16ClN3O2. The Morgan fingerprint density at radius 1 is 1.39 bits per heavy atom. The quantitative estimate of drug-likeness (QED) is 0.794. The Labute approximate surface area is 111 Å². The summed E-state index contributed by atoms with van der Waals surface area (Å²) in [6.07, 6.45) is 0.241. The monoisotopic (exact) mass is 269 g/mol. The standard InChI is InChI=1S/C12H16ClN3O2/c1-8(2)15-11(17)6-7-14-12(18)9-4-3-5-10(13)16-9/h3-5,8H,6-7H2,1-2H3,(H,14,18)(H,15,17). The maximum Gasteiger partial charge on any atom is 0.269 e. The van der Waals surface area contributed by atoms with E-state index in [1.807, 2.05) is 13.8 Å². The van der Waals surface area contributed by atoms with Crippen LogP contribution in [0.15, 0.2) is 18.2 Å². The van der Waals surface area contributed by atoms with Gasteiger partial charge in [-0.3, -0.25) is 9.59 Å². The predicted molar refractivity (Wildman–Crippen MR) is 69.5 cm³/mol. The van der Waals surface area contributed by atoms with Crippen molar-refractivity contribution in [3.05, 3.63) is 29.0 Å². The van der Waals surface area contributed by atoms with Crippen LogP contribution in [0.1, 0.15) is 30.8 Å². The highest BCUT2D eigenvalue weighted by Gasteiger charge is 2.08. The first kappa shape index (κ1) is 14.4. The summed E-state index contributed by atoms with van der Waals surface area (Å²) in [7, 11) is 0. The first-order chi connectivity index (χ1) is 8.49. The zero-order valence-electron chi connectivity index (χ0n) is 10.4. The van der Waals surface area contributed by atoms with Crippen LogP contribution in [-0.2, 0) is 4.79 Å². The Morgan fingerprint density at radius 2 is 2.11 bits per heavy atom. The SMILES string of the molecule is CC(C)NC(=O)CCNC(=O)c1cccc(Cl)n1. The van der Waals surface area contributed by atoms with Crippen LogP contribution in [0.4, 0.5) is 0 Å². The van der Waals surface area contributed by atoms with Crippen molar-refractivity contribution in [3.63, 3.8) is 0 Å². The summed E-state index contributed by atoms with van der Waals surface area (Å²) in [5.74, 6) is -0.431. The van der Waals surface area contributed by atoms with E-state index in [1.54, 1.807) is 18.2 Å². The van der Waals surface area contributed by atoms with Crippen molar-refractivity contribution in [2.24, 2.45) is 0 Å². The predicted octanol–water partition coefficient (Wildman–Crippen LogP) is 1.38. The molecule has 5 nitrogen and oxygen atoms in total. The lowest BCUT2D eigenvalue weighted by Crippen LogP contribution is -2.34. The smallest absolute Gasteiger partial charge is 0.269 e. The maximum atomic E-state index is 11.6. The van der Waals surface area contributed by atoms with Crippen molar-refractivity contribution in [3.8, 4) is 0 Å². The molecule has 0 fully saturated rings. The summed E-state index contributed by atoms with van der Waals surface area (Å²) < 4.78 is 0. The molecule has 1 heterocycles. The summed E-state index contributed by atoms with van der Waals surface area (Å²) in [5.41, 5.74) is 0.242. The number of hydrogen-bond donors (Lipinski definition) is 2. The largest absolute Gasteiger partial charge is 0.354 e. The number of carbonyl (C=O) groups excluding carboxylic acids is 2. The zero-order valence-corrected chi connectivity index (χ0v) is 11.1. The van der Waals surface area contributed by atoms with Gasteiger partial charge in [0.25, 0.3) is 5.91 Å². The van der Waals surface area contributed by atoms with Gasteiger partial charge in [-0.1, -0.05) is 17.7 Å². The Hall–Kier alpha value is -1.62. The van der Waals surface area contributed by atoms with Crippen molar-refractivity contribution in [1.29, 1.82) is 0 Å². The topological polar surface area (TPSA) is 71.1 Å². The molecule has 2 amide bonds. The minimum Gasteiger partial charge on any atom is -0.354 e. The molecule has 18 heavy (non-hydrogen) atoms. The fraction of sp³-hybridized carbons (Fsp3) is 0.417. The number of carbonyl (C=O) groups is 2. The van der Waals surface area contributed by atoms with Crippen LogP contribution in [-0.4, -0.2) is 29.4 Å². The highest BCUT2D eigenvalue weighted by atomic mass is 35.5. The Morgan fingerprint density at radius 3 is 2.72 bits per heavy atom. The third-order valence-electron chi connectivity index (χ3n) is 2.04. The van der Waals surface area contributed by atoms with Crippen LogP contribution < -0.4 is 10.6 Å². The molecule has 2 N–H and O–H groups in total. The van der Waals surface area contributed by atoms with Crippen LogP contribution in [0.25, 0.3) is 0 Å². The van der Waals surface area contributed by atoms with Crippen molar-refractivity contribution in [1.82, 2.24) is 15.6 Å². The number of halogens is 1. The second-order valence-electron chi connectivity index (χ2n) is 4.07. The van der Waals surface area contributed by atoms with Gasteiger partial charge in [-0.05, 0) is 26.0 Å². The Bertz CT molecular complexity index is 435. The second-order valence-corrected chi connectivity index (χ2v) is 4.46. The van der Waals surface area contributed by atoms with Gasteiger partial charge < -0.3 is 10.6 Å². The number of nitrogens with one attached hydrogen (secondary N) is 2. The van der Waals surface area contributed by atoms with E-state index >= 15 is 0 Å². The zero-order chi connectivity index (χ0) is 13.5. The third-order valence-corrected chi connectivity index (χ3v) is 2.25. The van der Waals surface area contributed by atoms with Crippen LogP contribution in [0.2, 0.25) is 5.15 Å². The maximum absolute atomic E-state index is 11.6. The minimum absolute atomic E-state index is 0.0932. The van der Waals surface area contributed by atoms with Gasteiger partial charge in [0, 0.05) is 19.0 Å². The molecule has 0 saturated heterocycles. The van der Waals surface area contributed by atoms with Gasteiger partial charge in [-0.25, -0.2) is 4.98 Å². The number of nitrogens with zero attached hydrogens (tertiary/aromatic N) is 1. The number of hydrogen-bond acceptors (Lipinski definition) is 3. The van der Waals surface area contributed by atoms with Crippen molar-refractivity contribution in [2.75, 3.05) is 6.54 Å². The van der Waals surface area contributed by atoms with E-state index in [9.17, 15) is 9.59 Å². The van der Waals surface area contributed by atoms with Gasteiger partial charge in [0.2, 0.25) is 5.91 Å². The first-order valence-corrected chi connectivity index (χ1v) is 6.07. The molecule has 98 valence electrons. The molecule has 1 rings (SSSR count). The normalized spacial score (nSPS) is 10.2. The molecule has 0 saturated carbocycles. The van der Waals surface area contributed by atoms with Crippen LogP contribution >= 0.6 is 11.6 Å². The van der Waals surface area contributed by atoms with Crippen molar-refractivity contribution < 1.29 is 9.59 Å². The van der Waals surface area contributed by atoms with Gasteiger partial charge >= 0.3 is 0 Å². The number of rotatable bonds is 5. The van der Waals surface area contributed by atoms with E-state index in [-0.39, 0.29) is 41.7 Å². The van der Waals surface area contributed by atoms with Gasteiger partial charge in [0.1, 0.15) is 10.8 Å². The average Bonchev–Trinajstić information content (AvgIpc) is 2.27.